The molecule has 63 valence electrons. The summed E-state index contributed by atoms with van der Waals surface area (Å²) in [5.74, 6) is -0.394. The molecule has 0 bridgehead atoms. The minimum Gasteiger partial charge on any atom is -0.459 e. The van der Waals surface area contributed by atoms with Crippen LogP contribution < -0.4 is 0 Å². The fraction of sp³-hybridized carbons (Fsp3) is 0.778. The second-order valence-electron chi connectivity index (χ2n) is 3.48. The van der Waals surface area contributed by atoms with Crippen molar-refractivity contribution < 1.29 is 9.53 Å². The molecular weight excluding hydrogens is 140 g/mol. The lowest BCUT2D eigenvalue weighted by Crippen LogP contribution is -2.33. The smallest absolute Gasteiger partial charge is 0.306 e. The van der Waals surface area contributed by atoms with Gasteiger partial charge in [-0.15, -0.1) is 0 Å². The van der Waals surface area contributed by atoms with Crippen LogP contribution in [0.4, 0.5) is 0 Å². The molecule has 1 saturated carbocycles. The van der Waals surface area contributed by atoms with Crippen molar-refractivity contribution in [3.63, 3.8) is 0 Å². The fourth-order valence-corrected chi connectivity index (χ4v) is 1.68. The summed E-state index contributed by atoms with van der Waals surface area (Å²) in [6.07, 6.45) is 5.60. The maximum atomic E-state index is 10.6. The van der Waals surface area contributed by atoms with Gasteiger partial charge in [-0.2, -0.15) is 0 Å². The van der Waals surface area contributed by atoms with E-state index in [1.807, 2.05) is 6.92 Å². The fourth-order valence-electron chi connectivity index (χ4n) is 1.68. The third-order valence-electron chi connectivity index (χ3n) is 2.27. The van der Waals surface area contributed by atoms with Gasteiger partial charge >= 0.3 is 5.97 Å². The molecule has 0 heterocycles. The van der Waals surface area contributed by atoms with Gasteiger partial charge in [-0.3, -0.25) is 4.79 Å². The number of carbonyl (C=O) groups excluding carboxylic acids is 1. The first kappa shape index (κ1) is 8.57. The molecule has 2 nitrogen and oxygen atoms in total. The summed E-state index contributed by atoms with van der Waals surface area (Å²) in [6.45, 7) is 5.21. The van der Waals surface area contributed by atoms with E-state index in [0.717, 1.165) is 12.8 Å². The quantitative estimate of drug-likeness (QED) is 0.542. The Bertz CT molecular complexity index is 146. The van der Waals surface area contributed by atoms with Crippen molar-refractivity contribution >= 4 is 5.97 Å². The molecule has 1 fully saturated rings. The van der Waals surface area contributed by atoms with Crippen LogP contribution in [-0.2, 0) is 9.53 Å². The number of hydrogen-bond acceptors (Lipinski definition) is 2. The Morgan fingerprint density at radius 1 is 1.36 bits per heavy atom. The predicted octanol–water partition coefficient (Wildman–Crippen LogP) is 2.09. The van der Waals surface area contributed by atoms with E-state index in [0.29, 0.717) is 0 Å². The van der Waals surface area contributed by atoms with Crippen LogP contribution in [-0.4, -0.2) is 11.6 Å². The average Bonchev–Trinajstić information content (AvgIpc) is 1.85. The maximum Gasteiger partial charge on any atom is 0.306 e. The monoisotopic (exact) mass is 155 g/mol. The highest BCUT2D eigenvalue weighted by Crippen LogP contribution is 2.30. The standard InChI is InChI=1S/C9H15O2/c1-8(10)11-9(2)6-4-3-5-7-9/h1,3-7H2,2H3. The second kappa shape index (κ2) is 3.24. The van der Waals surface area contributed by atoms with E-state index in [2.05, 4.69) is 6.92 Å². The lowest BCUT2D eigenvalue weighted by molar-refractivity contribution is -0.155. The lowest BCUT2D eigenvalue weighted by Gasteiger charge is -2.32. The van der Waals surface area contributed by atoms with Crippen LogP contribution >= 0.6 is 0 Å². The summed E-state index contributed by atoms with van der Waals surface area (Å²) in [6, 6.07) is 0. The SMILES string of the molecule is [CH2]C(=O)OC1(C)CCCCC1. The molecule has 1 aliphatic carbocycles. The summed E-state index contributed by atoms with van der Waals surface area (Å²) >= 11 is 0. The van der Waals surface area contributed by atoms with E-state index >= 15 is 0 Å². The van der Waals surface area contributed by atoms with Crippen molar-refractivity contribution in [1.82, 2.24) is 0 Å². The number of esters is 1. The summed E-state index contributed by atoms with van der Waals surface area (Å²) in [7, 11) is 0. The van der Waals surface area contributed by atoms with E-state index in [9.17, 15) is 4.79 Å². The number of hydrogen-bond donors (Lipinski definition) is 0. The molecule has 0 aromatic carbocycles. The van der Waals surface area contributed by atoms with Crippen molar-refractivity contribution in [2.75, 3.05) is 0 Å². The van der Waals surface area contributed by atoms with Crippen LogP contribution in [0.25, 0.3) is 0 Å². The van der Waals surface area contributed by atoms with Crippen molar-refractivity contribution in [3.05, 3.63) is 6.92 Å². The van der Waals surface area contributed by atoms with Crippen molar-refractivity contribution in [2.45, 2.75) is 44.6 Å². The number of carbonyl (C=O) groups is 1. The highest BCUT2D eigenvalue weighted by atomic mass is 16.6. The van der Waals surface area contributed by atoms with Crippen LogP contribution in [0.5, 0.6) is 0 Å². The Hall–Kier alpha value is -0.530. The Balaban J connectivity index is 2.43. The number of ether oxygens (including phenoxy) is 1. The van der Waals surface area contributed by atoms with Crippen LogP contribution in [0.15, 0.2) is 0 Å². The molecule has 1 aliphatic rings. The largest absolute Gasteiger partial charge is 0.459 e. The van der Waals surface area contributed by atoms with Crippen LogP contribution in [0, 0.1) is 6.92 Å². The molecule has 0 aromatic rings. The molecule has 1 radical (unpaired) electrons. The topological polar surface area (TPSA) is 26.3 Å². The van der Waals surface area contributed by atoms with Gasteiger partial charge in [0, 0.05) is 0 Å². The third kappa shape index (κ3) is 2.52. The summed E-state index contributed by atoms with van der Waals surface area (Å²) in [5, 5.41) is 0. The highest BCUT2D eigenvalue weighted by molar-refractivity contribution is 5.74. The molecule has 0 aliphatic heterocycles. The predicted molar refractivity (Wildman–Crippen MR) is 42.9 cm³/mol. The molecule has 0 saturated heterocycles. The van der Waals surface area contributed by atoms with Crippen LogP contribution in [0.1, 0.15) is 39.0 Å². The van der Waals surface area contributed by atoms with E-state index in [1.165, 1.54) is 19.3 Å². The van der Waals surface area contributed by atoms with Crippen LogP contribution in [0.3, 0.4) is 0 Å². The molecular formula is C9H15O2. The Morgan fingerprint density at radius 2 is 1.91 bits per heavy atom. The molecule has 0 spiro atoms. The van der Waals surface area contributed by atoms with Gasteiger partial charge in [0.15, 0.2) is 0 Å². The van der Waals surface area contributed by atoms with E-state index in [1.54, 1.807) is 0 Å². The first-order valence-corrected chi connectivity index (χ1v) is 4.17. The zero-order valence-corrected chi connectivity index (χ0v) is 7.06. The van der Waals surface area contributed by atoms with Crippen molar-refractivity contribution in [1.29, 1.82) is 0 Å². The van der Waals surface area contributed by atoms with Gasteiger partial charge in [-0.05, 0) is 32.6 Å². The molecule has 0 amide bonds. The normalized spacial score (nSPS) is 22.7. The summed E-state index contributed by atoms with van der Waals surface area (Å²) < 4.78 is 5.13. The molecule has 11 heavy (non-hydrogen) atoms. The average molecular weight is 155 g/mol. The van der Waals surface area contributed by atoms with Gasteiger partial charge in [-0.1, -0.05) is 6.42 Å². The second-order valence-corrected chi connectivity index (χ2v) is 3.48. The lowest BCUT2D eigenvalue weighted by atomic mass is 9.86. The Labute approximate surface area is 67.9 Å². The van der Waals surface area contributed by atoms with Crippen molar-refractivity contribution in [2.24, 2.45) is 0 Å². The third-order valence-corrected chi connectivity index (χ3v) is 2.27. The molecule has 2 heteroatoms. The number of rotatable bonds is 1. The maximum absolute atomic E-state index is 10.6. The Morgan fingerprint density at radius 3 is 2.36 bits per heavy atom. The minimum atomic E-state index is -0.394. The minimum absolute atomic E-state index is 0.211. The first-order valence-electron chi connectivity index (χ1n) is 4.17. The van der Waals surface area contributed by atoms with Gasteiger partial charge in [0.25, 0.3) is 0 Å². The van der Waals surface area contributed by atoms with Gasteiger partial charge in [0.2, 0.25) is 0 Å². The van der Waals surface area contributed by atoms with Gasteiger partial charge in [0.05, 0.1) is 6.92 Å². The van der Waals surface area contributed by atoms with E-state index in [4.69, 9.17) is 4.74 Å². The van der Waals surface area contributed by atoms with Gasteiger partial charge < -0.3 is 4.74 Å². The van der Waals surface area contributed by atoms with Crippen molar-refractivity contribution in [3.8, 4) is 0 Å². The zero-order chi connectivity index (χ0) is 8.32. The van der Waals surface area contributed by atoms with Crippen LogP contribution in [0.2, 0.25) is 0 Å². The van der Waals surface area contributed by atoms with Gasteiger partial charge in [-0.25, -0.2) is 0 Å². The first-order chi connectivity index (χ1) is 5.12. The van der Waals surface area contributed by atoms with Gasteiger partial charge in [0.1, 0.15) is 5.60 Å². The summed E-state index contributed by atoms with van der Waals surface area (Å²) in [4.78, 5) is 10.6. The molecule has 0 unspecified atom stereocenters. The molecule has 1 rings (SSSR count). The van der Waals surface area contributed by atoms with E-state index in [-0.39, 0.29) is 5.60 Å². The zero-order valence-electron chi connectivity index (χ0n) is 7.06. The van der Waals surface area contributed by atoms with E-state index < -0.39 is 5.97 Å². The molecule has 0 atom stereocenters. The highest BCUT2D eigenvalue weighted by Gasteiger charge is 2.29. The molecule has 0 aromatic heterocycles. The summed E-state index contributed by atoms with van der Waals surface area (Å²) in [5.41, 5.74) is -0.211. The Kier molecular flexibility index (Phi) is 2.53. The molecule has 0 N–H and O–H groups in total.